The quantitative estimate of drug-likeness (QED) is 0.320. The van der Waals surface area contributed by atoms with Crippen molar-refractivity contribution in [2.75, 3.05) is 13.6 Å². The molecule has 3 aromatic carbocycles. The van der Waals surface area contributed by atoms with Gasteiger partial charge in [0.2, 0.25) is 5.60 Å². The van der Waals surface area contributed by atoms with Crippen molar-refractivity contribution >= 4 is 5.97 Å². The van der Waals surface area contributed by atoms with Crippen molar-refractivity contribution in [2.45, 2.75) is 56.3 Å². The number of carbonyl (C=O) groups excluding carboxylic acids is 1. The minimum atomic E-state index is -1.88. The molecular weight excluding hydrogens is 462 g/mol. The highest BCUT2D eigenvalue weighted by atomic mass is 16.6. The van der Waals surface area contributed by atoms with Gasteiger partial charge in [0.05, 0.1) is 0 Å². The molecule has 2 bridgehead atoms. The number of benzene rings is 3. The van der Waals surface area contributed by atoms with E-state index in [1.165, 1.54) is 18.4 Å². The zero-order valence-corrected chi connectivity index (χ0v) is 21.4. The maximum Gasteiger partial charge on any atom is 0.348 e. The molecule has 0 spiro atoms. The van der Waals surface area contributed by atoms with Crippen LogP contribution in [0, 0.1) is 11.8 Å². The zero-order chi connectivity index (χ0) is 25.4. The van der Waals surface area contributed by atoms with Crippen molar-refractivity contribution in [1.82, 2.24) is 4.90 Å². The number of aryl methyl sites for hydroxylation is 1. The molecule has 0 amide bonds. The van der Waals surface area contributed by atoms with Gasteiger partial charge >= 0.3 is 5.97 Å². The first-order chi connectivity index (χ1) is 18.1. The number of nitrogens with zero attached hydrogens (tertiary/aromatic N) is 1. The molecule has 2 aliphatic carbocycles. The molecule has 1 heterocycles. The van der Waals surface area contributed by atoms with Crippen LogP contribution in [-0.4, -0.2) is 41.7 Å². The van der Waals surface area contributed by atoms with Gasteiger partial charge in [0.15, 0.2) is 0 Å². The van der Waals surface area contributed by atoms with Crippen LogP contribution in [0.2, 0.25) is 0 Å². The van der Waals surface area contributed by atoms with E-state index in [0.717, 1.165) is 32.2 Å². The van der Waals surface area contributed by atoms with E-state index < -0.39 is 11.6 Å². The summed E-state index contributed by atoms with van der Waals surface area (Å²) in [6.07, 6.45) is 6.37. The second kappa shape index (κ2) is 9.96. The van der Waals surface area contributed by atoms with E-state index in [0.29, 0.717) is 40.5 Å². The van der Waals surface area contributed by atoms with Crippen molar-refractivity contribution in [3.8, 4) is 11.5 Å². The van der Waals surface area contributed by atoms with E-state index in [1.807, 2.05) is 24.3 Å². The second-order valence-corrected chi connectivity index (χ2v) is 10.9. The summed E-state index contributed by atoms with van der Waals surface area (Å²) in [7, 11) is 2.22. The van der Waals surface area contributed by atoms with E-state index in [1.54, 1.807) is 24.3 Å². The smallest absolute Gasteiger partial charge is 0.348 e. The van der Waals surface area contributed by atoms with Crippen LogP contribution in [0.25, 0.3) is 0 Å². The number of aliphatic hydroxyl groups is 1. The van der Waals surface area contributed by atoms with Crippen LogP contribution in [0.5, 0.6) is 11.5 Å². The Kier molecular flexibility index (Phi) is 6.51. The maximum atomic E-state index is 13.8. The summed E-state index contributed by atoms with van der Waals surface area (Å²) in [5.74, 6) is 1.22. The lowest BCUT2D eigenvalue weighted by atomic mass is 9.83. The fourth-order valence-electron chi connectivity index (χ4n) is 6.96. The lowest BCUT2D eigenvalue weighted by Gasteiger charge is -2.35. The predicted octanol–water partition coefficient (Wildman–Crippen LogP) is 5.69. The second-order valence-electron chi connectivity index (χ2n) is 10.9. The molecule has 3 aliphatic rings. The molecular formula is C32H35NO4. The van der Waals surface area contributed by atoms with Crippen LogP contribution >= 0.6 is 0 Å². The van der Waals surface area contributed by atoms with Gasteiger partial charge in [0.25, 0.3) is 0 Å². The fourth-order valence-corrected chi connectivity index (χ4v) is 6.96. The first kappa shape index (κ1) is 24.2. The van der Waals surface area contributed by atoms with E-state index in [4.69, 9.17) is 9.47 Å². The van der Waals surface area contributed by atoms with Gasteiger partial charge in [-0.05, 0) is 75.7 Å². The topological polar surface area (TPSA) is 59.0 Å². The molecule has 4 atom stereocenters. The lowest BCUT2D eigenvalue weighted by Crippen LogP contribution is -2.44. The van der Waals surface area contributed by atoms with Crippen molar-refractivity contribution in [1.29, 1.82) is 0 Å². The van der Waals surface area contributed by atoms with Gasteiger partial charge in [-0.15, -0.1) is 0 Å². The summed E-state index contributed by atoms with van der Waals surface area (Å²) in [5, 5.41) is 11.9. The number of para-hydroxylation sites is 2. The molecule has 0 radical (unpaired) electrons. The molecule has 0 saturated heterocycles. The zero-order valence-electron chi connectivity index (χ0n) is 21.4. The van der Waals surface area contributed by atoms with Gasteiger partial charge in [-0.1, -0.05) is 66.7 Å². The van der Waals surface area contributed by atoms with Gasteiger partial charge in [0.1, 0.15) is 17.6 Å². The molecule has 192 valence electrons. The Morgan fingerprint density at radius 3 is 2.30 bits per heavy atom. The number of hydrogen-bond donors (Lipinski definition) is 1. The monoisotopic (exact) mass is 497 g/mol. The Bertz CT molecular complexity index is 1210. The highest BCUT2D eigenvalue weighted by Gasteiger charge is 2.54. The molecule has 2 fully saturated rings. The summed E-state index contributed by atoms with van der Waals surface area (Å²) in [4.78, 5) is 16.3. The maximum absolute atomic E-state index is 13.8. The molecule has 5 heteroatoms. The first-order valence-corrected chi connectivity index (χ1v) is 13.6. The van der Waals surface area contributed by atoms with Crippen LogP contribution in [0.15, 0.2) is 78.9 Å². The lowest BCUT2D eigenvalue weighted by molar-refractivity contribution is -0.171. The van der Waals surface area contributed by atoms with Crippen LogP contribution in [0.1, 0.15) is 48.8 Å². The molecule has 0 aromatic heterocycles. The summed E-state index contributed by atoms with van der Waals surface area (Å²) < 4.78 is 12.2. The summed E-state index contributed by atoms with van der Waals surface area (Å²) in [5.41, 5.74) is 0.390. The molecule has 4 unspecified atom stereocenters. The Balaban J connectivity index is 1.13. The van der Waals surface area contributed by atoms with Crippen molar-refractivity contribution in [3.05, 3.63) is 95.6 Å². The SMILES string of the molecule is CN(CCCCc1ccccc1)C1C2CCC1C(OC(=O)C1(O)c3ccccc3Oc3ccccc31)C2. The Hall–Kier alpha value is -3.15. The Morgan fingerprint density at radius 2 is 1.59 bits per heavy atom. The number of hydrogen-bond acceptors (Lipinski definition) is 5. The van der Waals surface area contributed by atoms with Gasteiger partial charge < -0.3 is 19.5 Å². The number of ether oxygens (including phenoxy) is 2. The number of carbonyl (C=O) groups is 1. The first-order valence-electron chi connectivity index (χ1n) is 13.6. The van der Waals surface area contributed by atoms with E-state index >= 15 is 0 Å². The van der Waals surface area contributed by atoms with E-state index in [-0.39, 0.29) is 6.10 Å². The average molecular weight is 498 g/mol. The van der Waals surface area contributed by atoms with Gasteiger partial charge in [-0.3, -0.25) is 0 Å². The highest BCUT2D eigenvalue weighted by molar-refractivity contribution is 5.88. The van der Waals surface area contributed by atoms with Gasteiger partial charge in [-0.25, -0.2) is 4.79 Å². The average Bonchev–Trinajstić information content (AvgIpc) is 3.50. The standard InChI is InChI=1S/C32H35NO4/c1-33(20-10-9-13-22-11-3-2-4-12-22)30-23-18-19-24(30)29(21-23)37-31(34)32(35)25-14-5-7-16-27(25)36-28-17-8-6-15-26(28)32/h2-8,11-12,14-17,23-24,29-30,35H,9-10,13,18-21H2,1H3. The van der Waals surface area contributed by atoms with E-state index in [2.05, 4.69) is 42.3 Å². The minimum Gasteiger partial charge on any atom is -0.459 e. The van der Waals surface area contributed by atoms with Crippen molar-refractivity contribution < 1.29 is 19.4 Å². The summed E-state index contributed by atoms with van der Waals surface area (Å²) >= 11 is 0. The molecule has 37 heavy (non-hydrogen) atoms. The third-order valence-electron chi connectivity index (χ3n) is 8.71. The van der Waals surface area contributed by atoms with Crippen molar-refractivity contribution in [2.24, 2.45) is 11.8 Å². The van der Waals surface area contributed by atoms with Crippen LogP contribution in [-0.2, 0) is 21.6 Å². The Labute approximate surface area is 219 Å². The summed E-state index contributed by atoms with van der Waals surface area (Å²) in [6, 6.07) is 25.5. The Morgan fingerprint density at radius 1 is 0.946 bits per heavy atom. The minimum absolute atomic E-state index is 0.172. The highest BCUT2D eigenvalue weighted by Crippen LogP contribution is 2.51. The van der Waals surface area contributed by atoms with Crippen LogP contribution < -0.4 is 4.74 Å². The fraction of sp³-hybridized carbons (Fsp3) is 0.406. The van der Waals surface area contributed by atoms with Gasteiger partial charge in [0, 0.05) is 23.1 Å². The number of rotatable bonds is 8. The molecule has 1 aliphatic heterocycles. The normalized spacial score (nSPS) is 24.8. The third-order valence-corrected chi connectivity index (χ3v) is 8.71. The van der Waals surface area contributed by atoms with Crippen molar-refractivity contribution in [3.63, 3.8) is 0 Å². The molecule has 6 rings (SSSR count). The van der Waals surface area contributed by atoms with E-state index in [9.17, 15) is 9.90 Å². The van der Waals surface area contributed by atoms with Gasteiger partial charge in [-0.2, -0.15) is 0 Å². The largest absolute Gasteiger partial charge is 0.459 e. The summed E-state index contributed by atoms with van der Waals surface area (Å²) in [6.45, 7) is 1.05. The number of fused-ring (bicyclic) bond motifs is 4. The number of esters is 1. The van der Waals surface area contributed by atoms with Crippen LogP contribution in [0.3, 0.4) is 0 Å². The molecule has 5 nitrogen and oxygen atoms in total. The predicted molar refractivity (Wildman–Crippen MR) is 142 cm³/mol. The number of unbranched alkanes of at least 4 members (excludes halogenated alkanes) is 1. The molecule has 2 saturated carbocycles. The molecule has 1 N–H and O–H groups in total. The molecule has 3 aromatic rings. The van der Waals surface area contributed by atoms with Crippen LogP contribution in [0.4, 0.5) is 0 Å². The third kappa shape index (κ3) is 4.34.